The molecule has 6 rings (SSSR count). The standard InChI is InChI=1S/C38H40N4O6/c1-3-46-35(44)21-40-38(45)39-20-30-8-4-5-9-31(30)27-16-18-29(19-17-27)37-47-34(22-42-24-41-32-10-6-7-11-33(32)42)25(2)36(48-37)28-14-12-26(23-43)13-15-28/h4-19,24-25,34,36-37,43H,3,20-23H2,1-2H3,(H2,39,40,45)/t25-,34+,36+,37+/m0/s1. The van der Waals surface area contributed by atoms with Crippen molar-refractivity contribution in [3.63, 3.8) is 0 Å². The highest BCUT2D eigenvalue weighted by Crippen LogP contribution is 2.42. The molecule has 10 nitrogen and oxygen atoms in total. The normalized spacial score (nSPS) is 19.1. The lowest BCUT2D eigenvalue weighted by atomic mass is 9.90. The molecule has 0 bridgehead atoms. The van der Waals surface area contributed by atoms with E-state index in [0.717, 1.165) is 44.4 Å². The van der Waals surface area contributed by atoms with Crippen LogP contribution in [0, 0.1) is 5.92 Å². The minimum atomic E-state index is -0.613. The Labute approximate surface area is 279 Å². The van der Waals surface area contributed by atoms with E-state index < -0.39 is 18.3 Å². The van der Waals surface area contributed by atoms with Gasteiger partial charge in [0.1, 0.15) is 6.54 Å². The molecule has 3 N–H and O–H groups in total. The molecular formula is C38H40N4O6. The van der Waals surface area contributed by atoms with Crippen LogP contribution < -0.4 is 10.6 Å². The molecule has 248 valence electrons. The maximum Gasteiger partial charge on any atom is 0.325 e. The van der Waals surface area contributed by atoms with Crippen molar-refractivity contribution >= 4 is 23.0 Å². The smallest absolute Gasteiger partial charge is 0.325 e. The lowest BCUT2D eigenvalue weighted by Crippen LogP contribution is -2.39. The van der Waals surface area contributed by atoms with E-state index in [0.29, 0.717) is 6.54 Å². The fourth-order valence-electron chi connectivity index (χ4n) is 6.06. The van der Waals surface area contributed by atoms with Gasteiger partial charge < -0.3 is 34.5 Å². The summed E-state index contributed by atoms with van der Waals surface area (Å²) in [7, 11) is 0. The van der Waals surface area contributed by atoms with Crippen LogP contribution >= 0.6 is 0 Å². The van der Waals surface area contributed by atoms with E-state index in [1.54, 1.807) is 6.92 Å². The highest BCUT2D eigenvalue weighted by molar-refractivity contribution is 5.81. The number of hydrogen-bond donors (Lipinski definition) is 3. The number of esters is 1. The molecule has 1 aliphatic rings. The molecule has 0 aliphatic carbocycles. The molecule has 48 heavy (non-hydrogen) atoms. The number of aliphatic hydroxyl groups is 1. The molecule has 0 unspecified atom stereocenters. The van der Waals surface area contributed by atoms with E-state index >= 15 is 0 Å². The first-order chi connectivity index (χ1) is 23.4. The second kappa shape index (κ2) is 15.2. The molecule has 1 saturated heterocycles. The minimum absolute atomic E-state index is 0.0162. The van der Waals surface area contributed by atoms with Gasteiger partial charge in [0.05, 0.1) is 49.3 Å². The van der Waals surface area contributed by atoms with Crippen LogP contribution in [0.4, 0.5) is 4.79 Å². The number of imidazole rings is 1. The minimum Gasteiger partial charge on any atom is -0.465 e. The van der Waals surface area contributed by atoms with Crippen molar-refractivity contribution in [2.24, 2.45) is 5.92 Å². The number of nitrogens with one attached hydrogen (secondary N) is 2. The van der Waals surface area contributed by atoms with Gasteiger partial charge in [-0.1, -0.05) is 91.9 Å². The van der Waals surface area contributed by atoms with Crippen LogP contribution in [0.1, 0.15) is 48.5 Å². The number of ether oxygens (including phenoxy) is 3. The van der Waals surface area contributed by atoms with E-state index in [4.69, 9.17) is 14.2 Å². The molecule has 4 atom stereocenters. The number of benzene rings is 4. The molecule has 1 fully saturated rings. The Morgan fingerprint density at radius 2 is 1.62 bits per heavy atom. The van der Waals surface area contributed by atoms with E-state index in [9.17, 15) is 14.7 Å². The number of aromatic nitrogens is 2. The van der Waals surface area contributed by atoms with Crippen LogP contribution in [0.5, 0.6) is 0 Å². The topological polar surface area (TPSA) is 124 Å². The summed E-state index contributed by atoms with van der Waals surface area (Å²) in [6, 6.07) is 31.5. The van der Waals surface area contributed by atoms with Gasteiger partial charge in [0.25, 0.3) is 0 Å². The molecule has 4 aromatic carbocycles. The van der Waals surface area contributed by atoms with Gasteiger partial charge in [0.2, 0.25) is 0 Å². The lowest BCUT2D eigenvalue weighted by Gasteiger charge is -2.41. The second-order valence-electron chi connectivity index (χ2n) is 11.8. The van der Waals surface area contributed by atoms with Gasteiger partial charge in [-0.25, -0.2) is 9.78 Å². The van der Waals surface area contributed by atoms with Crippen molar-refractivity contribution in [1.29, 1.82) is 0 Å². The zero-order valence-electron chi connectivity index (χ0n) is 27.0. The van der Waals surface area contributed by atoms with Crippen molar-refractivity contribution in [3.8, 4) is 11.1 Å². The lowest BCUT2D eigenvalue weighted by molar-refractivity contribution is -0.276. The van der Waals surface area contributed by atoms with Gasteiger partial charge >= 0.3 is 12.0 Å². The molecule has 0 saturated carbocycles. The van der Waals surface area contributed by atoms with Crippen molar-refractivity contribution in [2.75, 3.05) is 13.2 Å². The number of amides is 2. The van der Waals surface area contributed by atoms with Crippen molar-refractivity contribution in [2.45, 2.75) is 52.0 Å². The first-order valence-electron chi connectivity index (χ1n) is 16.2. The van der Waals surface area contributed by atoms with Crippen LogP contribution in [0.15, 0.2) is 103 Å². The zero-order chi connectivity index (χ0) is 33.5. The van der Waals surface area contributed by atoms with Crippen molar-refractivity contribution < 1.29 is 28.9 Å². The van der Waals surface area contributed by atoms with E-state index in [-0.39, 0.29) is 44.4 Å². The first-order valence-corrected chi connectivity index (χ1v) is 16.2. The second-order valence-corrected chi connectivity index (χ2v) is 11.8. The third-order valence-corrected chi connectivity index (χ3v) is 8.68. The maximum atomic E-state index is 12.3. The third-order valence-electron chi connectivity index (χ3n) is 8.68. The third kappa shape index (κ3) is 7.57. The summed E-state index contributed by atoms with van der Waals surface area (Å²) in [6.45, 7) is 4.80. The molecule has 5 aromatic rings. The summed E-state index contributed by atoms with van der Waals surface area (Å²) in [4.78, 5) is 28.4. The summed E-state index contributed by atoms with van der Waals surface area (Å²) >= 11 is 0. The van der Waals surface area contributed by atoms with Crippen LogP contribution in [0.2, 0.25) is 0 Å². The van der Waals surface area contributed by atoms with Gasteiger partial charge in [-0.3, -0.25) is 4.79 Å². The van der Waals surface area contributed by atoms with Gasteiger partial charge in [-0.05, 0) is 46.9 Å². The molecule has 1 aromatic heterocycles. The Morgan fingerprint density at radius 1 is 0.896 bits per heavy atom. The highest BCUT2D eigenvalue weighted by Gasteiger charge is 2.38. The molecular weight excluding hydrogens is 608 g/mol. The summed E-state index contributed by atoms with van der Waals surface area (Å²) in [5.41, 5.74) is 7.62. The predicted octanol–water partition coefficient (Wildman–Crippen LogP) is 6.05. The zero-order valence-corrected chi connectivity index (χ0v) is 27.0. The molecule has 10 heteroatoms. The largest absolute Gasteiger partial charge is 0.465 e. The monoisotopic (exact) mass is 648 g/mol. The molecule has 0 radical (unpaired) electrons. The Balaban J connectivity index is 1.21. The number of carbonyl (C=O) groups is 2. The van der Waals surface area contributed by atoms with Gasteiger partial charge in [0.15, 0.2) is 6.29 Å². The fraction of sp³-hybridized carbons (Fsp3) is 0.289. The van der Waals surface area contributed by atoms with E-state index in [2.05, 4.69) is 33.2 Å². The number of para-hydroxylation sites is 2. The van der Waals surface area contributed by atoms with E-state index in [1.165, 1.54) is 0 Å². The Hall–Kier alpha value is -5.03. The average molecular weight is 649 g/mol. The highest BCUT2D eigenvalue weighted by atomic mass is 16.7. The number of fused-ring (bicyclic) bond motifs is 1. The number of rotatable bonds is 11. The Morgan fingerprint density at radius 3 is 2.40 bits per heavy atom. The first kappa shape index (κ1) is 32.9. The summed E-state index contributed by atoms with van der Waals surface area (Å²) in [6.07, 6.45) is 0.835. The van der Waals surface area contributed by atoms with Crippen LogP contribution in [-0.2, 0) is 38.7 Å². The number of hydrogen-bond acceptors (Lipinski definition) is 7. The van der Waals surface area contributed by atoms with Crippen LogP contribution in [-0.4, -0.2) is 45.9 Å². The maximum absolute atomic E-state index is 12.3. The molecule has 2 heterocycles. The van der Waals surface area contributed by atoms with Crippen molar-refractivity contribution in [1.82, 2.24) is 20.2 Å². The Kier molecular flexibility index (Phi) is 10.4. The number of aliphatic hydroxyl groups excluding tert-OH is 1. The van der Waals surface area contributed by atoms with Gasteiger partial charge in [0, 0.05) is 18.0 Å². The van der Waals surface area contributed by atoms with E-state index in [1.807, 2.05) is 97.3 Å². The summed E-state index contributed by atoms with van der Waals surface area (Å²) < 4.78 is 20.4. The molecule has 0 spiro atoms. The number of urea groups is 1. The van der Waals surface area contributed by atoms with Crippen molar-refractivity contribution in [3.05, 3.63) is 126 Å². The molecule has 1 aliphatic heterocycles. The number of nitrogens with zero attached hydrogens (tertiary/aromatic N) is 2. The fourth-order valence-corrected chi connectivity index (χ4v) is 6.06. The van der Waals surface area contributed by atoms with Gasteiger partial charge in [-0.15, -0.1) is 0 Å². The predicted molar refractivity (Wildman–Crippen MR) is 181 cm³/mol. The Bertz CT molecular complexity index is 1840. The quantitative estimate of drug-likeness (QED) is 0.149. The van der Waals surface area contributed by atoms with Gasteiger partial charge in [-0.2, -0.15) is 0 Å². The average Bonchev–Trinajstić information content (AvgIpc) is 3.53. The SMILES string of the molecule is CCOC(=O)CNC(=O)NCc1ccccc1-c1ccc([C@@H]2O[C@H](Cn3cnc4ccccc43)[C@H](C)[C@H](c3ccc(CO)cc3)O2)cc1. The number of carbonyl (C=O) groups excluding carboxylic acids is 2. The van der Waals surface area contributed by atoms with Crippen LogP contribution in [0.25, 0.3) is 22.2 Å². The van der Waals surface area contributed by atoms with Crippen LogP contribution in [0.3, 0.4) is 0 Å². The summed E-state index contributed by atoms with van der Waals surface area (Å²) in [5, 5.41) is 14.9. The summed E-state index contributed by atoms with van der Waals surface area (Å²) in [5.74, 6) is -0.462. The molecule has 2 amide bonds.